The first-order valence-corrected chi connectivity index (χ1v) is 8.65. The molecule has 0 amide bonds. The summed E-state index contributed by atoms with van der Waals surface area (Å²) >= 11 is 0. The summed E-state index contributed by atoms with van der Waals surface area (Å²) in [5, 5.41) is 1.60. The predicted octanol–water partition coefficient (Wildman–Crippen LogP) is 4.25. The number of aromatic nitrogens is 3. The first-order valence-electron chi connectivity index (χ1n) is 8.65. The van der Waals surface area contributed by atoms with Crippen molar-refractivity contribution >= 4 is 22.0 Å². The van der Waals surface area contributed by atoms with Crippen molar-refractivity contribution < 1.29 is 4.42 Å². The highest BCUT2D eigenvalue weighted by atomic mass is 16.3. The van der Waals surface area contributed by atoms with Gasteiger partial charge < -0.3 is 4.42 Å². The van der Waals surface area contributed by atoms with Crippen LogP contribution in [0.3, 0.4) is 0 Å². The smallest absolute Gasteiger partial charge is 0.261 e. The van der Waals surface area contributed by atoms with Crippen LogP contribution in [0.25, 0.3) is 33.1 Å². The standard InChI is InChI=1S/C22H15N3O2/c26-22-19-6-1-2-7-20(19)24-14-25(22)13-15-4-3-5-16(10-15)18-11-17-8-9-27-21(17)23-12-18/h1-12,14H,13H2. The van der Waals surface area contributed by atoms with Crippen LogP contribution in [-0.2, 0) is 6.54 Å². The molecule has 0 N–H and O–H groups in total. The molecule has 5 aromatic rings. The molecular formula is C22H15N3O2. The highest BCUT2D eigenvalue weighted by molar-refractivity contribution is 5.80. The molecule has 130 valence electrons. The van der Waals surface area contributed by atoms with Crippen LogP contribution in [0.2, 0.25) is 0 Å². The third-order valence-electron chi connectivity index (χ3n) is 4.65. The molecule has 3 heterocycles. The van der Waals surface area contributed by atoms with Crippen LogP contribution >= 0.6 is 0 Å². The lowest BCUT2D eigenvalue weighted by atomic mass is 10.0. The number of benzene rings is 2. The van der Waals surface area contributed by atoms with Gasteiger partial charge in [-0.15, -0.1) is 0 Å². The largest absolute Gasteiger partial charge is 0.446 e. The summed E-state index contributed by atoms with van der Waals surface area (Å²) in [7, 11) is 0. The second-order valence-electron chi connectivity index (χ2n) is 6.43. The van der Waals surface area contributed by atoms with Gasteiger partial charge in [0.1, 0.15) is 0 Å². The SMILES string of the molecule is O=c1c2ccccc2ncn1Cc1cccc(-c2cnc3occc3c2)c1. The number of para-hydroxylation sites is 1. The molecule has 5 nitrogen and oxygen atoms in total. The maximum Gasteiger partial charge on any atom is 0.261 e. The summed E-state index contributed by atoms with van der Waals surface area (Å²) in [5.41, 5.74) is 4.39. The molecule has 5 rings (SSSR count). The first-order chi connectivity index (χ1) is 13.3. The van der Waals surface area contributed by atoms with E-state index in [1.807, 2.05) is 48.5 Å². The Labute approximate surface area is 154 Å². The number of rotatable bonds is 3. The topological polar surface area (TPSA) is 60.9 Å². The Morgan fingerprint density at radius 2 is 1.85 bits per heavy atom. The molecule has 0 unspecified atom stereocenters. The molecule has 0 fully saturated rings. The number of furan rings is 1. The molecule has 0 bridgehead atoms. The number of hydrogen-bond acceptors (Lipinski definition) is 4. The van der Waals surface area contributed by atoms with Gasteiger partial charge in [0.05, 0.1) is 30.0 Å². The molecule has 0 saturated carbocycles. The van der Waals surface area contributed by atoms with Crippen LogP contribution < -0.4 is 5.56 Å². The van der Waals surface area contributed by atoms with Crippen molar-refractivity contribution in [2.24, 2.45) is 0 Å². The average Bonchev–Trinajstić information content (AvgIpc) is 3.18. The zero-order chi connectivity index (χ0) is 18.2. The normalized spacial score (nSPS) is 11.3. The third-order valence-corrected chi connectivity index (χ3v) is 4.65. The average molecular weight is 353 g/mol. The molecule has 2 aromatic carbocycles. The minimum absolute atomic E-state index is 0.0347. The molecular weight excluding hydrogens is 338 g/mol. The van der Waals surface area contributed by atoms with Gasteiger partial charge in [0.25, 0.3) is 5.56 Å². The van der Waals surface area contributed by atoms with E-state index in [2.05, 4.69) is 22.1 Å². The third kappa shape index (κ3) is 2.79. The Bertz CT molecular complexity index is 1330. The molecule has 0 aliphatic heterocycles. The highest BCUT2D eigenvalue weighted by Gasteiger charge is 2.07. The van der Waals surface area contributed by atoms with E-state index in [0.717, 1.165) is 22.1 Å². The van der Waals surface area contributed by atoms with Crippen molar-refractivity contribution in [2.75, 3.05) is 0 Å². The molecule has 0 aliphatic rings. The van der Waals surface area contributed by atoms with Crippen LogP contribution in [0.15, 0.2) is 88.7 Å². The maximum atomic E-state index is 12.7. The van der Waals surface area contributed by atoms with E-state index in [1.54, 1.807) is 23.4 Å². The molecule has 27 heavy (non-hydrogen) atoms. The molecule has 0 saturated heterocycles. The van der Waals surface area contributed by atoms with E-state index < -0.39 is 0 Å². The zero-order valence-corrected chi connectivity index (χ0v) is 14.4. The highest BCUT2D eigenvalue weighted by Crippen LogP contribution is 2.24. The fraction of sp³-hybridized carbons (Fsp3) is 0.0455. The van der Waals surface area contributed by atoms with E-state index >= 15 is 0 Å². The van der Waals surface area contributed by atoms with Gasteiger partial charge in [-0.05, 0) is 41.5 Å². The Morgan fingerprint density at radius 3 is 2.81 bits per heavy atom. The molecule has 0 spiro atoms. The molecule has 5 heteroatoms. The predicted molar refractivity (Wildman–Crippen MR) is 105 cm³/mol. The van der Waals surface area contributed by atoms with Gasteiger partial charge in [-0.1, -0.05) is 30.3 Å². The Morgan fingerprint density at radius 1 is 0.926 bits per heavy atom. The van der Waals surface area contributed by atoms with Gasteiger partial charge in [0, 0.05) is 17.1 Å². The van der Waals surface area contributed by atoms with Gasteiger partial charge in [0.2, 0.25) is 5.71 Å². The lowest BCUT2D eigenvalue weighted by molar-refractivity contribution is 0.603. The van der Waals surface area contributed by atoms with E-state index in [4.69, 9.17) is 4.42 Å². The zero-order valence-electron chi connectivity index (χ0n) is 14.4. The van der Waals surface area contributed by atoms with Crippen molar-refractivity contribution in [2.45, 2.75) is 6.54 Å². The summed E-state index contributed by atoms with van der Waals surface area (Å²) in [5.74, 6) is 0. The van der Waals surface area contributed by atoms with Crippen molar-refractivity contribution in [3.05, 3.63) is 95.4 Å². The van der Waals surface area contributed by atoms with Crippen LogP contribution in [0, 0.1) is 0 Å². The summed E-state index contributed by atoms with van der Waals surface area (Å²) in [6.07, 6.45) is 5.04. The van der Waals surface area contributed by atoms with E-state index in [-0.39, 0.29) is 5.56 Å². The molecule has 0 radical (unpaired) electrons. The monoisotopic (exact) mass is 353 g/mol. The van der Waals surface area contributed by atoms with Gasteiger partial charge in [-0.25, -0.2) is 9.97 Å². The summed E-state index contributed by atoms with van der Waals surface area (Å²) in [6, 6.07) is 19.5. The summed E-state index contributed by atoms with van der Waals surface area (Å²) in [4.78, 5) is 21.4. The molecule has 3 aromatic heterocycles. The van der Waals surface area contributed by atoms with Crippen LogP contribution in [0.5, 0.6) is 0 Å². The Hall–Kier alpha value is -3.73. The Kier molecular flexibility index (Phi) is 3.57. The minimum atomic E-state index is -0.0347. The fourth-order valence-corrected chi connectivity index (χ4v) is 3.28. The van der Waals surface area contributed by atoms with Crippen LogP contribution in [0.1, 0.15) is 5.56 Å². The van der Waals surface area contributed by atoms with Crippen LogP contribution in [0.4, 0.5) is 0 Å². The van der Waals surface area contributed by atoms with E-state index in [0.29, 0.717) is 23.2 Å². The number of nitrogens with zero attached hydrogens (tertiary/aromatic N) is 3. The van der Waals surface area contributed by atoms with Gasteiger partial charge in [0.15, 0.2) is 0 Å². The Balaban J connectivity index is 1.52. The molecule has 0 aliphatic carbocycles. The minimum Gasteiger partial charge on any atom is -0.446 e. The van der Waals surface area contributed by atoms with E-state index in [9.17, 15) is 4.79 Å². The summed E-state index contributed by atoms with van der Waals surface area (Å²) in [6.45, 7) is 0.464. The van der Waals surface area contributed by atoms with Crippen molar-refractivity contribution in [1.29, 1.82) is 0 Å². The fourth-order valence-electron chi connectivity index (χ4n) is 3.28. The van der Waals surface area contributed by atoms with Crippen molar-refractivity contribution in [3.8, 4) is 11.1 Å². The molecule has 0 atom stereocenters. The lowest BCUT2D eigenvalue weighted by Gasteiger charge is -2.09. The van der Waals surface area contributed by atoms with Crippen molar-refractivity contribution in [1.82, 2.24) is 14.5 Å². The maximum absolute atomic E-state index is 12.7. The van der Waals surface area contributed by atoms with Gasteiger partial charge >= 0.3 is 0 Å². The summed E-state index contributed by atoms with van der Waals surface area (Å²) < 4.78 is 6.94. The second kappa shape index (κ2) is 6.21. The lowest BCUT2D eigenvalue weighted by Crippen LogP contribution is -2.21. The van der Waals surface area contributed by atoms with Crippen LogP contribution in [-0.4, -0.2) is 14.5 Å². The number of pyridine rings is 1. The van der Waals surface area contributed by atoms with Crippen molar-refractivity contribution in [3.63, 3.8) is 0 Å². The number of fused-ring (bicyclic) bond motifs is 2. The van der Waals surface area contributed by atoms with E-state index in [1.165, 1.54) is 0 Å². The first kappa shape index (κ1) is 15.5. The quantitative estimate of drug-likeness (QED) is 0.486. The number of hydrogen-bond donors (Lipinski definition) is 0. The van der Waals surface area contributed by atoms with Gasteiger partial charge in [-0.3, -0.25) is 9.36 Å². The second-order valence-corrected chi connectivity index (χ2v) is 6.43. The van der Waals surface area contributed by atoms with Gasteiger partial charge in [-0.2, -0.15) is 0 Å².